The van der Waals surface area contributed by atoms with Gasteiger partial charge < -0.3 is 15.1 Å². The Morgan fingerprint density at radius 3 is 2.48 bits per heavy atom. The van der Waals surface area contributed by atoms with E-state index in [9.17, 15) is 14.4 Å². The van der Waals surface area contributed by atoms with Gasteiger partial charge in [-0.25, -0.2) is 4.79 Å². The molecule has 0 aliphatic carbocycles. The Bertz CT molecular complexity index is 953. The summed E-state index contributed by atoms with van der Waals surface area (Å²) < 4.78 is 7.90. The lowest BCUT2D eigenvalue weighted by molar-refractivity contribution is -0.121. The van der Waals surface area contributed by atoms with Crippen molar-refractivity contribution in [3.8, 4) is 0 Å². The summed E-state index contributed by atoms with van der Waals surface area (Å²) in [6.45, 7) is 0.437. The molecule has 0 saturated heterocycles. The zero-order valence-electron chi connectivity index (χ0n) is 13.7. The number of benzene rings is 1. The number of nitrogens with zero attached hydrogens (tertiary/aromatic N) is 2. The van der Waals surface area contributed by atoms with Gasteiger partial charge in [0, 0.05) is 20.1 Å². The summed E-state index contributed by atoms with van der Waals surface area (Å²) in [5.74, 6) is -0.427. The number of aryl methyl sites for hydroxylation is 1. The van der Waals surface area contributed by atoms with Crippen LogP contribution < -0.4 is 16.3 Å². The minimum absolute atomic E-state index is 0.0771. The molecule has 0 unspecified atom stereocenters. The first-order valence-electron chi connectivity index (χ1n) is 7.80. The Balaban J connectivity index is 1.54. The standard InChI is InChI=1S/C17H18N4O4/c1-20-12-5-2-3-6-13(12)21(17(20)24)11-15(22)18-8-9-19-16(23)14-7-4-10-25-14/h2-7,10H,8-9,11H2,1H3,(H,18,22)(H,19,23). The molecule has 0 radical (unpaired) electrons. The van der Waals surface area contributed by atoms with Gasteiger partial charge in [-0.3, -0.25) is 18.7 Å². The lowest BCUT2D eigenvalue weighted by Gasteiger charge is -2.07. The summed E-state index contributed by atoms with van der Waals surface area (Å²) in [6, 6.07) is 10.5. The van der Waals surface area contributed by atoms with Crippen molar-refractivity contribution < 1.29 is 14.0 Å². The smallest absolute Gasteiger partial charge is 0.329 e. The molecular weight excluding hydrogens is 324 g/mol. The number of amides is 2. The predicted octanol–water partition coefficient (Wildman–Crippen LogP) is 0.479. The first-order chi connectivity index (χ1) is 12.1. The highest BCUT2D eigenvalue weighted by Crippen LogP contribution is 2.10. The van der Waals surface area contributed by atoms with Crippen LogP contribution in [0.5, 0.6) is 0 Å². The van der Waals surface area contributed by atoms with Crippen LogP contribution in [0, 0.1) is 0 Å². The van der Waals surface area contributed by atoms with Gasteiger partial charge in [0.05, 0.1) is 17.3 Å². The maximum atomic E-state index is 12.3. The van der Waals surface area contributed by atoms with Gasteiger partial charge in [0.15, 0.2) is 5.76 Å². The number of fused-ring (bicyclic) bond motifs is 1. The minimum atomic E-state index is -0.343. The molecule has 0 aliphatic rings. The molecule has 3 rings (SSSR count). The third kappa shape index (κ3) is 3.47. The zero-order valence-corrected chi connectivity index (χ0v) is 13.7. The summed E-state index contributed by atoms with van der Waals surface area (Å²) in [4.78, 5) is 36.0. The molecular formula is C17H18N4O4. The molecule has 2 heterocycles. The Morgan fingerprint density at radius 2 is 1.76 bits per heavy atom. The van der Waals surface area contributed by atoms with Crippen LogP contribution in [0.1, 0.15) is 10.6 Å². The molecule has 2 N–H and O–H groups in total. The maximum absolute atomic E-state index is 12.3. The van der Waals surface area contributed by atoms with Crippen molar-refractivity contribution >= 4 is 22.8 Å². The number of carbonyl (C=O) groups excluding carboxylic acids is 2. The third-order valence-electron chi connectivity index (χ3n) is 3.83. The molecule has 0 saturated carbocycles. The maximum Gasteiger partial charge on any atom is 0.329 e. The second-order valence-corrected chi connectivity index (χ2v) is 5.50. The van der Waals surface area contributed by atoms with Gasteiger partial charge >= 0.3 is 5.69 Å². The monoisotopic (exact) mass is 342 g/mol. The summed E-state index contributed by atoms with van der Waals surface area (Å²) >= 11 is 0. The van der Waals surface area contributed by atoms with E-state index in [-0.39, 0.29) is 42.9 Å². The highest BCUT2D eigenvalue weighted by Gasteiger charge is 2.13. The van der Waals surface area contributed by atoms with Crippen LogP contribution in [0.25, 0.3) is 11.0 Å². The summed E-state index contributed by atoms with van der Waals surface area (Å²) in [5, 5.41) is 5.31. The van der Waals surface area contributed by atoms with Crippen molar-refractivity contribution in [1.29, 1.82) is 0 Å². The minimum Gasteiger partial charge on any atom is -0.459 e. The molecule has 0 aliphatic heterocycles. The summed E-state index contributed by atoms with van der Waals surface area (Å²) in [6.07, 6.45) is 1.42. The van der Waals surface area contributed by atoms with Crippen molar-refractivity contribution in [2.75, 3.05) is 13.1 Å². The molecule has 130 valence electrons. The zero-order chi connectivity index (χ0) is 17.8. The van der Waals surface area contributed by atoms with Gasteiger partial charge in [-0.05, 0) is 24.3 Å². The molecule has 0 fully saturated rings. The van der Waals surface area contributed by atoms with Crippen molar-refractivity contribution in [3.05, 3.63) is 58.9 Å². The fourth-order valence-electron chi connectivity index (χ4n) is 2.59. The summed E-state index contributed by atoms with van der Waals surface area (Å²) in [5.41, 5.74) is 1.23. The SMILES string of the molecule is Cn1c(=O)n(CC(=O)NCCNC(=O)c2ccco2)c2ccccc21. The topological polar surface area (TPSA) is 98.3 Å². The largest absolute Gasteiger partial charge is 0.459 e. The first-order valence-corrected chi connectivity index (χ1v) is 7.80. The number of rotatable bonds is 6. The lowest BCUT2D eigenvalue weighted by Crippen LogP contribution is -2.37. The number of furan rings is 1. The van der Waals surface area contributed by atoms with E-state index in [1.54, 1.807) is 25.2 Å². The van der Waals surface area contributed by atoms with Crippen LogP contribution in [0.15, 0.2) is 51.9 Å². The molecule has 0 atom stereocenters. The fourth-order valence-corrected chi connectivity index (χ4v) is 2.59. The highest BCUT2D eigenvalue weighted by molar-refractivity contribution is 5.91. The Labute approximate surface area is 143 Å². The van der Waals surface area contributed by atoms with E-state index in [4.69, 9.17) is 4.42 Å². The molecule has 0 bridgehead atoms. The van der Waals surface area contributed by atoms with E-state index in [1.165, 1.54) is 15.4 Å². The second kappa shape index (κ2) is 7.08. The van der Waals surface area contributed by atoms with Crippen molar-refractivity contribution in [2.45, 2.75) is 6.54 Å². The van der Waals surface area contributed by atoms with Crippen LogP contribution in [0.2, 0.25) is 0 Å². The van der Waals surface area contributed by atoms with E-state index in [0.29, 0.717) is 5.52 Å². The lowest BCUT2D eigenvalue weighted by atomic mass is 10.3. The summed E-state index contributed by atoms with van der Waals surface area (Å²) in [7, 11) is 1.67. The predicted molar refractivity (Wildman–Crippen MR) is 91.2 cm³/mol. The number of nitrogens with one attached hydrogen (secondary N) is 2. The molecule has 2 amide bonds. The average molecular weight is 342 g/mol. The van der Waals surface area contributed by atoms with Gasteiger partial charge in [0.25, 0.3) is 5.91 Å². The van der Waals surface area contributed by atoms with Crippen molar-refractivity contribution in [1.82, 2.24) is 19.8 Å². The quantitative estimate of drug-likeness (QED) is 0.637. The van der Waals surface area contributed by atoms with Crippen LogP contribution in [0.3, 0.4) is 0 Å². The van der Waals surface area contributed by atoms with Gasteiger partial charge in [0.2, 0.25) is 5.91 Å². The van der Waals surface area contributed by atoms with E-state index in [2.05, 4.69) is 10.6 Å². The van der Waals surface area contributed by atoms with Crippen LogP contribution >= 0.6 is 0 Å². The van der Waals surface area contributed by atoms with Gasteiger partial charge in [0.1, 0.15) is 6.54 Å². The fraction of sp³-hybridized carbons (Fsp3) is 0.235. The third-order valence-corrected chi connectivity index (χ3v) is 3.83. The van der Waals surface area contributed by atoms with Gasteiger partial charge in [-0.2, -0.15) is 0 Å². The molecule has 0 spiro atoms. The molecule has 3 aromatic rings. The molecule has 8 nitrogen and oxygen atoms in total. The van der Waals surface area contributed by atoms with Crippen LogP contribution in [-0.4, -0.2) is 34.0 Å². The first kappa shape index (κ1) is 16.6. The van der Waals surface area contributed by atoms with Crippen LogP contribution in [-0.2, 0) is 18.4 Å². The number of aromatic nitrogens is 2. The van der Waals surface area contributed by atoms with Gasteiger partial charge in [-0.1, -0.05) is 12.1 Å². The number of imidazole rings is 1. The number of carbonyl (C=O) groups is 2. The average Bonchev–Trinajstić information content (AvgIpc) is 3.23. The Kier molecular flexibility index (Phi) is 4.69. The Hall–Kier alpha value is -3.29. The van der Waals surface area contributed by atoms with Gasteiger partial charge in [-0.15, -0.1) is 0 Å². The molecule has 25 heavy (non-hydrogen) atoms. The van der Waals surface area contributed by atoms with E-state index in [0.717, 1.165) is 5.52 Å². The number of para-hydroxylation sites is 2. The second-order valence-electron chi connectivity index (χ2n) is 5.50. The van der Waals surface area contributed by atoms with Crippen molar-refractivity contribution in [3.63, 3.8) is 0 Å². The number of hydrogen-bond donors (Lipinski definition) is 2. The van der Waals surface area contributed by atoms with E-state index >= 15 is 0 Å². The van der Waals surface area contributed by atoms with Crippen LogP contribution in [0.4, 0.5) is 0 Å². The van der Waals surface area contributed by atoms with E-state index in [1.807, 2.05) is 18.2 Å². The number of hydrogen-bond acceptors (Lipinski definition) is 4. The normalized spacial score (nSPS) is 10.8. The van der Waals surface area contributed by atoms with E-state index < -0.39 is 0 Å². The van der Waals surface area contributed by atoms with Crippen molar-refractivity contribution in [2.24, 2.45) is 7.05 Å². The highest BCUT2D eigenvalue weighted by atomic mass is 16.3. The molecule has 1 aromatic carbocycles. The Morgan fingerprint density at radius 1 is 1.04 bits per heavy atom. The molecule has 2 aromatic heterocycles. The molecule has 8 heteroatoms.